The van der Waals surface area contributed by atoms with E-state index in [1.54, 1.807) is 12.7 Å². The molecule has 1 atom stereocenters. The summed E-state index contributed by atoms with van der Waals surface area (Å²) in [5.74, 6) is 0.837. The molecule has 3 heterocycles. The first kappa shape index (κ1) is 11.4. The summed E-state index contributed by atoms with van der Waals surface area (Å²) in [5.41, 5.74) is 1.59. The summed E-state index contributed by atoms with van der Waals surface area (Å²) >= 11 is 0. The van der Waals surface area contributed by atoms with Crippen LogP contribution in [0.2, 0.25) is 0 Å². The van der Waals surface area contributed by atoms with Crippen molar-refractivity contribution in [1.29, 1.82) is 0 Å². The number of anilines is 1. The SMILES string of the molecule is CC(CN1CCCC1)Nc1ncnc2nc[nH]c12. The van der Waals surface area contributed by atoms with E-state index in [9.17, 15) is 0 Å². The number of rotatable bonds is 4. The molecule has 2 aromatic heterocycles. The van der Waals surface area contributed by atoms with Gasteiger partial charge in [-0.05, 0) is 32.9 Å². The van der Waals surface area contributed by atoms with E-state index in [-0.39, 0.29) is 0 Å². The molecule has 1 aliphatic rings. The number of hydrogen-bond acceptors (Lipinski definition) is 5. The lowest BCUT2D eigenvalue weighted by Crippen LogP contribution is -2.33. The number of imidazole rings is 1. The van der Waals surface area contributed by atoms with Gasteiger partial charge >= 0.3 is 0 Å². The number of fused-ring (bicyclic) bond motifs is 1. The molecule has 0 spiro atoms. The molecular weight excluding hydrogens is 228 g/mol. The van der Waals surface area contributed by atoms with Gasteiger partial charge in [-0.3, -0.25) is 0 Å². The summed E-state index contributed by atoms with van der Waals surface area (Å²) in [7, 11) is 0. The van der Waals surface area contributed by atoms with Crippen molar-refractivity contribution in [3.63, 3.8) is 0 Å². The lowest BCUT2D eigenvalue weighted by Gasteiger charge is -2.21. The summed E-state index contributed by atoms with van der Waals surface area (Å²) in [6.45, 7) is 5.67. The highest BCUT2D eigenvalue weighted by Gasteiger charge is 2.15. The van der Waals surface area contributed by atoms with Crippen LogP contribution in [0.15, 0.2) is 12.7 Å². The Balaban J connectivity index is 1.69. The fourth-order valence-corrected chi connectivity index (χ4v) is 2.51. The predicted molar refractivity (Wildman–Crippen MR) is 70.4 cm³/mol. The maximum Gasteiger partial charge on any atom is 0.182 e. The summed E-state index contributed by atoms with van der Waals surface area (Å²) < 4.78 is 0. The monoisotopic (exact) mass is 246 g/mol. The molecule has 96 valence electrons. The van der Waals surface area contributed by atoms with E-state index in [4.69, 9.17) is 0 Å². The summed E-state index contributed by atoms with van der Waals surface area (Å²) in [6, 6.07) is 0.365. The van der Waals surface area contributed by atoms with Gasteiger partial charge < -0.3 is 15.2 Å². The number of aromatic nitrogens is 4. The molecule has 3 rings (SSSR count). The Hall–Kier alpha value is -1.69. The fraction of sp³-hybridized carbons (Fsp3) is 0.583. The number of aromatic amines is 1. The van der Waals surface area contributed by atoms with Crippen molar-refractivity contribution in [2.45, 2.75) is 25.8 Å². The fourth-order valence-electron chi connectivity index (χ4n) is 2.51. The highest BCUT2D eigenvalue weighted by molar-refractivity contribution is 5.81. The van der Waals surface area contributed by atoms with Crippen LogP contribution < -0.4 is 5.32 Å². The summed E-state index contributed by atoms with van der Waals surface area (Å²) in [6.07, 6.45) is 5.85. The van der Waals surface area contributed by atoms with Crippen LogP contribution in [0.3, 0.4) is 0 Å². The van der Waals surface area contributed by atoms with Gasteiger partial charge in [-0.1, -0.05) is 0 Å². The maximum atomic E-state index is 4.28. The highest BCUT2D eigenvalue weighted by Crippen LogP contribution is 2.16. The largest absolute Gasteiger partial charge is 0.364 e. The number of H-pyrrole nitrogens is 1. The Bertz CT molecular complexity index is 516. The van der Waals surface area contributed by atoms with Crippen molar-refractivity contribution >= 4 is 17.0 Å². The minimum absolute atomic E-state index is 0.365. The van der Waals surface area contributed by atoms with Crippen molar-refractivity contribution in [3.05, 3.63) is 12.7 Å². The highest BCUT2D eigenvalue weighted by atomic mass is 15.2. The van der Waals surface area contributed by atoms with Crippen LogP contribution in [0.5, 0.6) is 0 Å². The molecule has 6 heteroatoms. The zero-order chi connectivity index (χ0) is 12.4. The molecule has 1 unspecified atom stereocenters. The van der Waals surface area contributed by atoms with Crippen molar-refractivity contribution < 1.29 is 0 Å². The Morgan fingerprint density at radius 1 is 1.33 bits per heavy atom. The third-order valence-electron chi connectivity index (χ3n) is 3.34. The van der Waals surface area contributed by atoms with Gasteiger partial charge in [-0.2, -0.15) is 0 Å². The van der Waals surface area contributed by atoms with Gasteiger partial charge in [0, 0.05) is 12.6 Å². The number of likely N-dealkylation sites (tertiary alicyclic amines) is 1. The zero-order valence-corrected chi connectivity index (χ0v) is 10.6. The second-order valence-electron chi connectivity index (χ2n) is 4.88. The van der Waals surface area contributed by atoms with E-state index >= 15 is 0 Å². The number of nitrogens with one attached hydrogen (secondary N) is 2. The summed E-state index contributed by atoms with van der Waals surface area (Å²) in [4.78, 5) is 18.1. The maximum absolute atomic E-state index is 4.28. The van der Waals surface area contributed by atoms with Gasteiger partial charge in [-0.25, -0.2) is 15.0 Å². The van der Waals surface area contributed by atoms with Crippen molar-refractivity contribution in [2.24, 2.45) is 0 Å². The first-order valence-electron chi connectivity index (χ1n) is 6.46. The molecular formula is C12H18N6. The Morgan fingerprint density at radius 2 is 2.17 bits per heavy atom. The van der Waals surface area contributed by atoms with E-state index in [2.05, 4.69) is 37.1 Å². The minimum atomic E-state index is 0.365. The lowest BCUT2D eigenvalue weighted by atomic mass is 10.3. The topological polar surface area (TPSA) is 69.7 Å². The lowest BCUT2D eigenvalue weighted by molar-refractivity contribution is 0.327. The van der Waals surface area contributed by atoms with Gasteiger partial charge in [-0.15, -0.1) is 0 Å². The van der Waals surface area contributed by atoms with Gasteiger partial charge in [0.15, 0.2) is 11.5 Å². The van der Waals surface area contributed by atoms with E-state index in [1.165, 1.54) is 25.9 Å². The van der Waals surface area contributed by atoms with Crippen LogP contribution in [0.4, 0.5) is 5.82 Å². The van der Waals surface area contributed by atoms with Crippen molar-refractivity contribution in [3.8, 4) is 0 Å². The molecule has 0 radical (unpaired) electrons. The number of nitrogens with zero attached hydrogens (tertiary/aromatic N) is 4. The van der Waals surface area contributed by atoms with Crippen LogP contribution in [-0.4, -0.2) is 50.5 Å². The van der Waals surface area contributed by atoms with Crippen molar-refractivity contribution in [1.82, 2.24) is 24.8 Å². The molecule has 6 nitrogen and oxygen atoms in total. The second kappa shape index (κ2) is 4.89. The number of hydrogen-bond donors (Lipinski definition) is 2. The first-order valence-corrected chi connectivity index (χ1v) is 6.46. The molecule has 0 amide bonds. The van der Waals surface area contributed by atoms with Gasteiger partial charge in [0.05, 0.1) is 6.33 Å². The van der Waals surface area contributed by atoms with E-state index in [0.29, 0.717) is 11.7 Å². The van der Waals surface area contributed by atoms with E-state index in [1.807, 2.05) is 0 Å². The molecule has 2 N–H and O–H groups in total. The smallest absolute Gasteiger partial charge is 0.182 e. The zero-order valence-electron chi connectivity index (χ0n) is 10.6. The van der Waals surface area contributed by atoms with Crippen LogP contribution in [0.25, 0.3) is 11.2 Å². The molecule has 0 aromatic carbocycles. The Labute approximate surface area is 106 Å². The molecule has 1 fully saturated rings. The van der Waals surface area contributed by atoms with Gasteiger partial charge in [0.1, 0.15) is 11.8 Å². The van der Waals surface area contributed by atoms with Crippen LogP contribution in [0, 0.1) is 0 Å². The van der Waals surface area contributed by atoms with Crippen LogP contribution in [0.1, 0.15) is 19.8 Å². The second-order valence-corrected chi connectivity index (χ2v) is 4.88. The Morgan fingerprint density at radius 3 is 3.00 bits per heavy atom. The third kappa shape index (κ3) is 2.28. The third-order valence-corrected chi connectivity index (χ3v) is 3.34. The normalized spacial score (nSPS) is 18.3. The molecule has 0 aliphatic carbocycles. The summed E-state index contributed by atoms with van der Waals surface area (Å²) in [5, 5.41) is 3.43. The Kier molecular flexibility index (Phi) is 3.10. The average molecular weight is 246 g/mol. The predicted octanol–water partition coefficient (Wildman–Crippen LogP) is 1.25. The molecule has 2 aromatic rings. The van der Waals surface area contributed by atoms with Gasteiger partial charge in [0.25, 0.3) is 0 Å². The average Bonchev–Trinajstić information content (AvgIpc) is 2.99. The minimum Gasteiger partial charge on any atom is -0.364 e. The standard InChI is InChI=1S/C12H18N6/c1-9(6-18-4-2-3-5-18)17-12-10-11(14-7-13-10)15-8-16-12/h7-9H,2-6H2,1H3,(H2,13,14,15,16,17). The molecule has 18 heavy (non-hydrogen) atoms. The molecule has 0 bridgehead atoms. The first-order chi connectivity index (χ1) is 8.83. The van der Waals surface area contributed by atoms with Crippen molar-refractivity contribution in [2.75, 3.05) is 25.0 Å². The molecule has 1 aliphatic heterocycles. The van der Waals surface area contributed by atoms with Gasteiger partial charge in [0.2, 0.25) is 0 Å². The van der Waals surface area contributed by atoms with Crippen LogP contribution >= 0.6 is 0 Å². The molecule has 0 saturated carbocycles. The van der Waals surface area contributed by atoms with E-state index < -0.39 is 0 Å². The quantitative estimate of drug-likeness (QED) is 0.849. The van der Waals surface area contributed by atoms with Crippen LogP contribution in [-0.2, 0) is 0 Å². The molecule has 1 saturated heterocycles. The van der Waals surface area contributed by atoms with E-state index in [0.717, 1.165) is 17.9 Å².